The van der Waals surface area contributed by atoms with E-state index in [1.54, 1.807) is 20.8 Å². The molecule has 3 rings (SSSR count). The van der Waals surface area contributed by atoms with Crippen molar-refractivity contribution in [1.29, 1.82) is 5.26 Å². The van der Waals surface area contributed by atoms with Crippen LogP contribution in [0.2, 0.25) is 0 Å². The van der Waals surface area contributed by atoms with Gasteiger partial charge in [-0.25, -0.2) is 9.18 Å². The van der Waals surface area contributed by atoms with Gasteiger partial charge in [0.25, 0.3) is 0 Å². The molecule has 0 aromatic heterocycles. The Morgan fingerprint density at radius 3 is 2.67 bits per heavy atom. The number of hydrogen-bond donors (Lipinski definition) is 2. The van der Waals surface area contributed by atoms with Crippen LogP contribution in [0.15, 0.2) is 41.0 Å². The Morgan fingerprint density at radius 1 is 1.41 bits per heavy atom. The first kappa shape index (κ1) is 18.5. The molecule has 3 N–H and O–H groups in total. The van der Waals surface area contributed by atoms with E-state index in [-0.39, 0.29) is 34.0 Å². The van der Waals surface area contributed by atoms with Crippen LogP contribution >= 0.6 is 0 Å². The number of ether oxygens (including phenoxy) is 2. The third-order valence-corrected chi connectivity index (χ3v) is 4.30. The fourth-order valence-corrected chi connectivity index (χ4v) is 3.39. The average molecular weight is 371 g/mol. The minimum atomic E-state index is -1.87. The highest BCUT2D eigenvalue weighted by molar-refractivity contribution is 6.17. The Morgan fingerprint density at radius 2 is 2.07 bits per heavy atom. The van der Waals surface area contributed by atoms with E-state index in [4.69, 9.17) is 15.2 Å². The summed E-state index contributed by atoms with van der Waals surface area (Å²) in [7, 11) is 0. The van der Waals surface area contributed by atoms with Gasteiger partial charge >= 0.3 is 5.97 Å². The predicted molar refractivity (Wildman–Crippen MR) is 93.2 cm³/mol. The predicted octanol–water partition coefficient (Wildman–Crippen LogP) is 2.36. The molecule has 1 amide bonds. The van der Waals surface area contributed by atoms with Crippen molar-refractivity contribution in [3.05, 3.63) is 52.4 Å². The lowest BCUT2D eigenvalue weighted by molar-refractivity contribution is -0.151. The molecule has 1 aromatic carbocycles. The number of carbonyl (C=O) groups is 2. The normalized spacial score (nSPS) is 21.6. The molecule has 2 aliphatic heterocycles. The lowest BCUT2D eigenvalue weighted by Crippen LogP contribution is -2.46. The summed E-state index contributed by atoms with van der Waals surface area (Å²) in [4.78, 5) is 26.1. The van der Waals surface area contributed by atoms with Crippen LogP contribution in [-0.4, -0.2) is 17.5 Å². The minimum absolute atomic E-state index is 0.0353. The van der Waals surface area contributed by atoms with Gasteiger partial charge < -0.3 is 20.5 Å². The number of nitrogens with zero attached hydrogens (tertiary/aromatic N) is 1. The fraction of sp³-hybridized carbons (Fsp3) is 0.316. The third kappa shape index (κ3) is 2.63. The molecule has 7 nitrogen and oxygen atoms in total. The molecule has 0 radical (unpaired) electrons. The second-order valence-electron chi connectivity index (χ2n) is 7.28. The van der Waals surface area contributed by atoms with E-state index in [2.05, 4.69) is 5.32 Å². The van der Waals surface area contributed by atoms with Gasteiger partial charge in [0, 0.05) is 11.3 Å². The molecule has 0 saturated carbocycles. The summed E-state index contributed by atoms with van der Waals surface area (Å²) >= 11 is 0. The van der Waals surface area contributed by atoms with Crippen LogP contribution in [0.5, 0.6) is 0 Å². The first-order chi connectivity index (χ1) is 12.5. The molecule has 1 spiro atoms. The van der Waals surface area contributed by atoms with E-state index < -0.39 is 28.7 Å². The number of allylic oxidation sites excluding steroid dienone is 1. The van der Waals surface area contributed by atoms with Crippen molar-refractivity contribution in [3.63, 3.8) is 0 Å². The van der Waals surface area contributed by atoms with E-state index in [9.17, 15) is 19.2 Å². The second kappa shape index (κ2) is 5.84. The second-order valence-corrected chi connectivity index (χ2v) is 7.28. The summed E-state index contributed by atoms with van der Waals surface area (Å²) in [6.07, 6.45) is 0. The van der Waals surface area contributed by atoms with Gasteiger partial charge in [0.2, 0.25) is 11.8 Å². The highest BCUT2D eigenvalue weighted by atomic mass is 19.1. The lowest BCUT2D eigenvalue weighted by Gasteiger charge is -2.35. The molecule has 140 valence electrons. The summed E-state index contributed by atoms with van der Waals surface area (Å²) < 4.78 is 24.5. The maximum Gasteiger partial charge on any atom is 0.339 e. The average Bonchev–Trinajstić information content (AvgIpc) is 2.77. The zero-order valence-electron chi connectivity index (χ0n) is 15.3. The van der Waals surface area contributed by atoms with Crippen molar-refractivity contribution < 1.29 is 23.5 Å². The number of benzene rings is 1. The zero-order valence-corrected chi connectivity index (χ0v) is 15.3. The standard InChI is InChI=1S/C19H18FN3O4/c1-9-14(16(24)27-18(2,3)4)19(12(8-21)15(22)26-9)11-6-5-10(20)7-13(11)23-17(19)25/h5-7H,22H2,1-4H3,(H,23,25). The Kier molecular flexibility index (Phi) is 3.99. The van der Waals surface area contributed by atoms with Crippen molar-refractivity contribution in [2.75, 3.05) is 5.32 Å². The molecule has 0 bridgehead atoms. The Hall–Kier alpha value is -3.34. The molecule has 0 aliphatic carbocycles. The minimum Gasteiger partial charge on any atom is -0.456 e. The molecule has 0 fully saturated rings. The monoisotopic (exact) mass is 371 g/mol. The van der Waals surface area contributed by atoms with E-state index in [1.165, 1.54) is 13.0 Å². The van der Waals surface area contributed by atoms with Crippen LogP contribution in [-0.2, 0) is 24.5 Å². The van der Waals surface area contributed by atoms with Crippen LogP contribution in [0.4, 0.5) is 10.1 Å². The molecule has 1 unspecified atom stereocenters. The van der Waals surface area contributed by atoms with Gasteiger partial charge in [0.05, 0.1) is 0 Å². The maximum absolute atomic E-state index is 13.7. The van der Waals surface area contributed by atoms with Gasteiger partial charge in [0.1, 0.15) is 34.4 Å². The molecule has 8 heteroatoms. The van der Waals surface area contributed by atoms with Gasteiger partial charge in [-0.15, -0.1) is 0 Å². The van der Waals surface area contributed by atoms with Gasteiger partial charge in [-0.05, 0) is 39.8 Å². The first-order valence-electron chi connectivity index (χ1n) is 8.16. The van der Waals surface area contributed by atoms with Crippen molar-refractivity contribution in [2.45, 2.75) is 38.7 Å². The number of fused-ring (bicyclic) bond motifs is 2. The molecule has 2 heterocycles. The highest BCUT2D eigenvalue weighted by Gasteiger charge is 2.60. The number of carbonyl (C=O) groups excluding carboxylic acids is 2. The third-order valence-electron chi connectivity index (χ3n) is 4.30. The molecular weight excluding hydrogens is 353 g/mol. The van der Waals surface area contributed by atoms with Crippen molar-refractivity contribution >= 4 is 17.6 Å². The van der Waals surface area contributed by atoms with Crippen molar-refractivity contribution in [1.82, 2.24) is 0 Å². The topological polar surface area (TPSA) is 114 Å². The van der Waals surface area contributed by atoms with Crippen molar-refractivity contribution in [2.24, 2.45) is 5.73 Å². The Balaban J connectivity index is 2.34. The summed E-state index contributed by atoms with van der Waals surface area (Å²) in [5, 5.41) is 12.2. The zero-order chi connectivity index (χ0) is 20.1. The van der Waals surface area contributed by atoms with Crippen LogP contribution in [0.25, 0.3) is 0 Å². The van der Waals surface area contributed by atoms with Crippen LogP contribution in [0.3, 0.4) is 0 Å². The number of esters is 1. The number of amides is 1. The highest BCUT2D eigenvalue weighted by Crippen LogP contribution is 2.52. The number of anilines is 1. The van der Waals surface area contributed by atoms with E-state index in [1.807, 2.05) is 6.07 Å². The fourth-order valence-electron chi connectivity index (χ4n) is 3.39. The Bertz CT molecular complexity index is 982. The van der Waals surface area contributed by atoms with E-state index >= 15 is 0 Å². The van der Waals surface area contributed by atoms with Gasteiger partial charge in [0.15, 0.2) is 5.41 Å². The lowest BCUT2D eigenvalue weighted by atomic mass is 9.68. The van der Waals surface area contributed by atoms with E-state index in [0.717, 1.165) is 12.1 Å². The molecule has 1 atom stereocenters. The van der Waals surface area contributed by atoms with Gasteiger partial charge in [-0.2, -0.15) is 5.26 Å². The van der Waals surface area contributed by atoms with Crippen LogP contribution in [0.1, 0.15) is 33.3 Å². The number of nitriles is 1. The summed E-state index contributed by atoms with van der Waals surface area (Å²) in [6, 6.07) is 5.48. The van der Waals surface area contributed by atoms with E-state index in [0.29, 0.717) is 0 Å². The number of hydrogen-bond acceptors (Lipinski definition) is 6. The number of nitrogens with one attached hydrogen (secondary N) is 1. The maximum atomic E-state index is 13.7. The quantitative estimate of drug-likeness (QED) is 0.733. The van der Waals surface area contributed by atoms with Gasteiger partial charge in [-0.3, -0.25) is 4.79 Å². The number of nitrogens with two attached hydrogens (primary N) is 1. The summed E-state index contributed by atoms with van der Waals surface area (Å²) in [6.45, 7) is 6.47. The summed E-state index contributed by atoms with van der Waals surface area (Å²) in [5.41, 5.74) is 3.11. The smallest absolute Gasteiger partial charge is 0.339 e. The SMILES string of the molecule is CC1=C(C(=O)OC(C)(C)C)C2(C(=O)Nc3cc(F)ccc32)C(C#N)=C(N)O1. The number of rotatable bonds is 1. The van der Waals surface area contributed by atoms with Crippen LogP contribution < -0.4 is 11.1 Å². The largest absolute Gasteiger partial charge is 0.456 e. The summed E-state index contributed by atoms with van der Waals surface area (Å²) in [5.74, 6) is -2.37. The Labute approximate surface area is 155 Å². The van der Waals surface area contributed by atoms with Gasteiger partial charge in [-0.1, -0.05) is 6.07 Å². The molecule has 27 heavy (non-hydrogen) atoms. The van der Waals surface area contributed by atoms with Crippen LogP contribution in [0, 0.1) is 17.1 Å². The van der Waals surface area contributed by atoms with Crippen molar-refractivity contribution in [3.8, 4) is 6.07 Å². The molecule has 2 aliphatic rings. The molecule has 1 aromatic rings. The molecule has 0 saturated heterocycles. The number of halogens is 1. The first-order valence-corrected chi connectivity index (χ1v) is 8.16. The molecular formula is C19H18FN3O4.